The number of nitrogens with one attached hydrogen (secondary N) is 3. The molecule has 3 N–H and O–H groups in total. The SMILES string of the molecule is CN1CCN(Cc2ccc(-c3n[nH]c4c3C(=O)c3c(NC(=O)NN5CCOCC5)cccc3-4)cc2)CC1.Cl.Cl. The number of ketones is 1. The number of hydrogen-bond donors (Lipinski definition) is 3. The first-order valence-corrected chi connectivity index (χ1v) is 12.7. The van der Waals surface area contributed by atoms with Gasteiger partial charge in [-0.3, -0.25) is 20.2 Å². The molecule has 3 aromatic rings. The number of hydrazine groups is 1. The minimum Gasteiger partial charge on any atom is -0.379 e. The molecular formula is C27H33Cl2N7O3. The third-order valence-corrected chi connectivity index (χ3v) is 7.30. The lowest BCUT2D eigenvalue weighted by Crippen LogP contribution is -2.49. The van der Waals surface area contributed by atoms with Crippen molar-refractivity contribution in [2.45, 2.75) is 6.54 Å². The van der Waals surface area contributed by atoms with E-state index in [1.54, 1.807) is 6.07 Å². The van der Waals surface area contributed by atoms with Gasteiger partial charge in [0.25, 0.3) is 0 Å². The van der Waals surface area contributed by atoms with Crippen molar-refractivity contribution in [2.75, 3.05) is 64.8 Å². The summed E-state index contributed by atoms with van der Waals surface area (Å²) in [5, 5.41) is 12.2. The van der Waals surface area contributed by atoms with Gasteiger partial charge < -0.3 is 15.0 Å². The standard InChI is InChI=1S/C27H31N7O3.2ClH/c1-32-9-11-33(12-10-32)17-18-5-7-19(8-6-18)24-23-25(30-29-24)20-3-2-4-21(22(20)26(23)35)28-27(36)31-34-13-15-37-16-14-34;;/h2-8H,9-17H2,1H3,(H,29,30)(H2,28,31,36);2*1H. The monoisotopic (exact) mass is 573 g/mol. The lowest BCUT2D eigenvalue weighted by atomic mass is 10.0. The van der Waals surface area contributed by atoms with Crippen LogP contribution < -0.4 is 10.7 Å². The number of piperazine rings is 1. The minimum atomic E-state index is -0.382. The lowest BCUT2D eigenvalue weighted by Gasteiger charge is -2.32. The number of rotatable bonds is 5. The van der Waals surface area contributed by atoms with Crippen LogP contribution in [0.25, 0.3) is 22.5 Å². The molecule has 10 nitrogen and oxygen atoms in total. The molecule has 1 aromatic heterocycles. The molecule has 2 aliphatic heterocycles. The molecule has 2 fully saturated rings. The molecule has 2 saturated heterocycles. The number of ether oxygens (including phenoxy) is 1. The van der Waals surface area contributed by atoms with E-state index in [-0.39, 0.29) is 36.6 Å². The van der Waals surface area contributed by atoms with E-state index in [9.17, 15) is 9.59 Å². The summed E-state index contributed by atoms with van der Waals surface area (Å²) in [5.41, 5.74) is 8.53. The van der Waals surface area contributed by atoms with E-state index in [4.69, 9.17) is 4.74 Å². The number of urea groups is 1. The lowest BCUT2D eigenvalue weighted by molar-refractivity contribution is 0.0207. The average molecular weight is 575 g/mol. The molecule has 0 radical (unpaired) electrons. The number of benzene rings is 2. The van der Waals surface area contributed by atoms with Crippen molar-refractivity contribution in [1.29, 1.82) is 0 Å². The zero-order valence-corrected chi connectivity index (χ0v) is 23.4. The van der Waals surface area contributed by atoms with E-state index < -0.39 is 0 Å². The summed E-state index contributed by atoms with van der Waals surface area (Å²) in [6.45, 7) is 7.61. The average Bonchev–Trinajstić information content (AvgIpc) is 3.47. The molecule has 39 heavy (non-hydrogen) atoms. The summed E-state index contributed by atoms with van der Waals surface area (Å²) in [6.07, 6.45) is 0. The van der Waals surface area contributed by atoms with E-state index in [0.29, 0.717) is 54.5 Å². The zero-order valence-electron chi connectivity index (χ0n) is 21.7. The summed E-state index contributed by atoms with van der Waals surface area (Å²) in [4.78, 5) is 31.1. The van der Waals surface area contributed by atoms with Gasteiger partial charge in [-0.2, -0.15) is 5.10 Å². The second-order valence-electron chi connectivity index (χ2n) is 9.82. The first kappa shape index (κ1) is 29.0. The number of aromatic amines is 1. The Morgan fingerprint density at radius 2 is 1.69 bits per heavy atom. The molecule has 3 aliphatic rings. The Labute approximate surface area is 239 Å². The Bertz CT molecular complexity index is 1320. The number of hydrogen-bond acceptors (Lipinski definition) is 7. The van der Waals surface area contributed by atoms with Gasteiger partial charge in [-0.1, -0.05) is 36.4 Å². The molecule has 208 valence electrons. The van der Waals surface area contributed by atoms with Crippen LogP contribution in [-0.2, 0) is 11.3 Å². The number of halogens is 2. The molecule has 0 spiro atoms. The fourth-order valence-electron chi connectivity index (χ4n) is 5.20. The van der Waals surface area contributed by atoms with Crippen LogP contribution in [-0.4, -0.2) is 96.4 Å². The molecule has 0 saturated carbocycles. The van der Waals surface area contributed by atoms with Gasteiger partial charge in [0.2, 0.25) is 0 Å². The normalized spacial score (nSPS) is 17.5. The van der Waals surface area contributed by atoms with Gasteiger partial charge >= 0.3 is 6.03 Å². The molecule has 0 atom stereocenters. The van der Waals surface area contributed by atoms with Gasteiger partial charge in [0.15, 0.2) is 5.78 Å². The zero-order chi connectivity index (χ0) is 25.4. The molecule has 0 bridgehead atoms. The number of nitrogens with zero attached hydrogens (tertiary/aromatic N) is 4. The number of aromatic nitrogens is 2. The Balaban J connectivity index is 0.00000176. The highest BCUT2D eigenvalue weighted by Crippen LogP contribution is 2.42. The maximum absolute atomic E-state index is 13.6. The quantitative estimate of drug-likeness (QED) is 0.336. The molecule has 12 heteroatoms. The third kappa shape index (κ3) is 5.96. The summed E-state index contributed by atoms with van der Waals surface area (Å²) >= 11 is 0. The highest BCUT2D eigenvalue weighted by atomic mass is 35.5. The van der Waals surface area contributed by atoms with Gasteiger partial charge in [-0.25, -0.2) is 9.80 Å². The first-order valence-electron chi connectivity index (χ1n) is 12.7. The van der Waals surface area contributed by atoms with Crippen molar-refractivity contribution in [2.24, 2.45) is 0 Å². The smallest absolute Gasteiger partial charge is 0.333 e. The van der Waals surface area contributed by atoms with Crippen molar-refractivity contribution >= 4 is 42.3 Å². The Morgan fingerprint density at radius 3 is 2.41 bits per heavy atom. The predicted octanol–water partition coefficient (Wildman–Crippen LogP) is 3.25. The van der Waals surface area contributed by atoms with Crippen molar-refractivity contribution in [3.05, 3.63) is 59.2 Å². The van der Waals surface area contributed by atoms with Gasteiger partial charge in [0.1, 0.15) is 5.69 Å². The van der Waals surface area contributed by atoms with Crippen LogP contribution in [0, 0.1) is 0 Å². The van der Waals surface area contributed by atoms with Crippen LogP contribution in [0.3, 0.4) is 0 Å². The maximum Gasteiger partial charge on any atom is 0.333 e. The summed E-state index contributed by atoms with van der Waals surface area (Å²) in [6, 6.07) is 13.4. The van der Waals surface area contributed by atoms with E-state index in [0.717, 1.165) is 43.9 Å². The van der Waals surface area contributed by atoms with Crippen LogP contribution in [0.1, 0.15) is 21.5 Å². The highest BCUT2D eigenvalue weighted by molar-refractivity contribution is 6.26. The van der Waals surface area contributed by atoms with E-state index in [1.165, 1.54) is 5.56 Å². The van der Waals surface area contributed by atoms with Crippen LogP contribution in [0.15, 0.2) is 42.5 Å². The number of fused-ring (bicyclic) bond motifs is 3. The van der Waals surface area contributed by atoms with Crippen LogP contribution >= 0.6 is 24.8 Å². The molecule has 2 amide bonds. The topological polar surface area (TPSA) is 106 Å². The number of likely N-dealkylation sites (N-methyl/N-ethyl adjacent to an activating group) is 1. The van der Waals surface area contributed by atoms with Crippen LogP contribution in [0.5, 0.6) is 0 Å². The molecule has 3 heterocycles. The fraction of sp³-hybridized carbons (Fsp3) is 0.370. The molecular weight excluding hydrogens is 541 g/mol. The van der Waals surface area contributed by atoms with E-state index >= 15 is 0 Å². The van der Waals surface area contributed by atoms with Gasteiger partial charge in [-0.05, 0) is 18.7 Å². The summed E-state index contributed by atoms with van der Waals surface area (Å²) in [5.74, 6) is -0.141. The Hall–Kier alpha value is -2.99. The number of carbonyl (C=O) groups excluding carboxylic acids is 2. The summed E-state index contributed by atoms with van der Waals surface area (Å²) < 4.78 is 5.32. The van der Waals surface area contributed by atoms with Gasteiger partial charge in [-0.15, -0.1) is 24.8 Å². The molecule has 6 rings (SSSR count). The predicted molar refractivity (Wildman–Crippen MR) is 155 cm³/mol. The molecule has 1 aliphatic carbocycles. The van der Waals surface area contributed by atoms with Crippen LogP contribution in [0.2, 0.25) is 0 Å². The minimum absolute atomic E-state index is 0. The van der Waals surface area contributed by atoms with E-state index in [1.807, 2.05) is 29.3 Å². The van der Waals surface area contributed by atoms with Gasteiger partial charge in [0, 0.05) is 56.9 Å². The third-order valence-electron chi connectivity index (χ3n) is 7.30. The number of carbonyl (C=O) groups is 2. The largest absolute Gasteiger partial charge is 0.379 e. The fourth-order valence-corrected chi connectivity index (χ4v) is 5.20. The van der Waals surface area contributed by atoms with Gasteiger partial charge in [0.05, 0.1) is 35.7 Å². The van der Waals surface area contributed by atoms with E-state index in [2.05, 4.69) is 49.9 Å². The van der Waals surface area contributed by atoms with Crippen molar-refractivity contribution in [3.8, 4) is 22.5 Å². The van der Waals surface area contributed by atoms with Crippen molar-refractivity contribution in [3.63, 3.8) is 0 Å². The second kappa shape index (κ2) is 12.5. The molecule has 0 unspecified atom stereocenters. The van der Waals surface area contributed by atoms with Crippen molar-refractivity contribution in [1.82, 2.24) is 30.4 Å². The summed E-state index contributed by atoms with van der Waals surface area (Å²) in [7, 11) is 2.16. The second-order valence-corrected chi connectivity index (χ2v) is 9.82. The number of anilines is 1. The number of H-pyrrole nitrogens is 1. The van der Waals surface area contributed by atoms with Crippen molar-refractivity contribution < 1.29 is 14.3 Å². The number of morpholine rings is 1. The first-order chi connectivity index (χ1) is 18.1. The maximum atomic E-state index is 13.6. The highest BCUT2D eigenvalue weighted by Gasteiger charge is 2.35. The number of amides is 2. The molecule has 2 aromatic carbocycles. The Kier molecular flexibility index (Phi) is 9.27. The Morgan fingerprint density at radius 1 is 0.974 bits per heavy atom. The van der Waals surface area contributed by atoms with Crippen LogP contribution in [0.4, 0.5) is 10.5 Å².